The molecule has 0 heterocycles. The Morgan fingerprint density at radius 3 is 2.27 bits per heavy atom. The van der Waals surface area contributed by atoms with Crippen molar-refractivity contribution in [3.8, 4) is 12.1 Å². The molecule has 0 saturated heterocycles. The minimum absolute atomic E-state index is 0.0288. The van der Waals surface area contributed by atoms with Crippen molar-refractivity contribution in [3.63, 3.8) is 0 Å². The van der Waals surface area contributed by atoms with Gasteiger partial charge < -0.3 is 15.0 Å². The van der Waals surface area contributed by atoms with Gasteiger partial charge in [-0.25, -0.2) is 4.79 Å². The smallest absolute Gasteiger partial charge is 0.338 e. The molecule has 0 aliphatic heterocycles. The fraction of sp³-hybridized carbons (Fsp3) is 0.286. The summed E-state index contributed by atoms with van der Waals surface area (Å²) in [6.07, 6.45) is 0. The number of carbonyl (C=O) groups is 1. The van der Waals surface area contributed by atoms with Crippen LogP contribution in [0.25, 0.3) is 0 Å². The van der Waals surface area contributed by atoms with Gasteiger partial charge in [0.2, 0.25) is 0 Å². The quantitative estimate of drug-likeness (QED) is 0.369. The second-order valence-corrected chi connectivity index (χ2v) is 6.44. The Balaban J connectivity index is 2.13. The van der Waals surface area contributed by atoms with E-state index in [9.17, 15) is 14.9 Å². The summed E-state index contributed by atoms with van der Waals surface area (Å²) in [5.74, 6) is -0.441. The number of nitriles is 2. The summed E-state index contributed by atoms with van der Waals surface area (Å²) in [6, 6.07) is 12.2. The zero-order valence-corrected chi connectivity index (χ0v) is 16.8. The zero-order valence-electron chi connectivity index (χ0n) is 16.8. The first-order valence-electron chi connectivity index (χ1n) is 9.43. The Kier molecular flexibility index (Phi) is 7.86. The number of esters is 1. The Morgan fingerprint density at radius 2 is 1.73 bits per heavy atom. The summed E-state index contributed by atoms with van der Waals surface area (Å²) in [5.41, 5.74) is 0.555. The fourth-order valence-electron chi connectivity index (χ4n) is 2.84. The summed E-state index contributed by atoms with van der Waals surface area (Å²) >= 11 is 0. The number of ether oxygens (including phenoxy) is 1. The molecule has 2 aromatic rings. The van der Waals surface area contributed by atoms with E-state index >= 15 is 0 Å². The minimum atomic E-state index is -0.631. The number of nitro benzene ring substituents is 1. The van der Waals surface area contributed by atoms with Crippen LogP contribution in [0.4, 0.5) is 17.1 Å². The van der Waals surface area contributed by atoms with Gasteiger partial charge in [-0.05, 0) is 44.2 Å². The summed E-state index contributed by atoms with van der Waals surface area (Å²) in [7, 11) is 0. The van der Waals surface area contributed by atoms with Gasteiger partial charge in [0, 0.05) is 11.8 Å². The van der Waals surface area contributed by atoms with Gasteiger partial charge in [0.05, 0.1) is 34.7 Å². The number of nitrogens with one attached hydrogen (secondary N) is 2. The predicted molar refractivity (Wildman–Crippen MR) is 109 cm³/mol. The number of likely N-dealkylation sites (N-methyl/N-ethyl adjacent to an activating group) is 1. The van der Waals surface area contributed by atoms with Crippen LogP contribution in [0, 0.1) is 32.8 Å². The molecule has 0 aliphatic rings. The van der Waals surface area contributed by atoms with Crippen LogP contribution in [0.15, 0.2) is 36.4 Å². The number of hydrogen-bond acceptors (Lipinski definition) is 7. The van der Waals surface area contributed by atoms with E-state index in [1.54, 1.807) is 30.3 Å². The van der Waals surface area contributed by atoms with Crippen molar-refractivity contribution in [3.05, 3.63) is 63.2 Å². The number of rotatable bonds is 9. The van der Waals surface area contributed by atoms with Crippen LogP contribution in [0.5, 0.6) is 0 Å². The molecule has 0 bridgehead atoms. The van der Waals surface area contributed by atoms with Gasteiger partial charge in [0.1, 0.15) is 31.0 Å². The number of anilines is 2. The monoisotopic (exact) mass is 408 g/mol. The Morgan fingerprint density at radius 1 is 1.13 bits per heavy atom. The van der Waals surface area contributed by atoms with Crippen LogP contribution >= 0.6 is 0 Å². The van der Waals surface area contributed by atoms with Gasteiger partial charge in [0.15, 0.2) is 0 Å². The fourth-order valence-corrected chi connectivity index (χ4v) is 2.84. The van der Waals surface area contributed by atoms with E-state index < -0.39 is 10.9 Å². The third-order valence-corrected chi connectivity index (χ3v) is 4.66. The maximum Gasteiger partial charge on any atom is 0.338 e. The van der Waals surface area contributed by atoms with Crippen LogP contribution in [0.2, 0.25) is 0 Å². The molecule has 0 saturated carbocycles. The van der Waals surface area contributed by atoms with Gasteiger partial charge in [-0.1, -0.05) is 0 Å². The molecule has 2 aromatic carbocycles. The normalized spacial score (nSPS) is 10.2. The van der Waals surface area contributed by atoms with Crippen molar-refractivity contribution in [1.29, 1.82) is 10.5 Å². The van der Waals surface area contributed by atoms with E-state index in [4.69, 9.17) is 15.3 Å². The maximum absolute atomic E-state index is 12.2. The predicted octanol–water partition coefficient (Wildman–Crippen LogP) is 2.16. The molecule has 0 amide bonds. The van der Waals surface area contributed by atoms with E-state index in [0.717, 1.165) is 25.7 Å². The first-order valence-corrected chi connectivity index (χ1v) is 9.43. The molecule has 154 valence electrons. The molecular weight excluding hydrogens is 386 g/mol. The zero-order chi connectivity index (χ0) is 22.1. The molecule has 2 rings (SSSR count). The van der Waals surface area contributed by atoms with Gasteiger partial charge in [-0.2, -0.15) is 10.5 Å². The molecule has 0 atom stereocenters. The highest BCUT2D eigenvalue weighted by atomic mass is 16.6. The molecular formula is C21H22N5O4+. The lowest BCUT2D eigenvalue weighted by atomic mass is 10.1. The highest BCUT2D eigenvalue weighted by Gasteiger charge is 2.19. The largest absolute Gasteiger partial charge is 0.456 e. The van der Waals surface area contributed by atoms with Crippen molar-refractivity contribution in [2.24, 2.45) is 0 Å². The summed E-state index contributed by atoms with van der Waals surface area (Å²) < 4.78 is 5.29. The van der Waals surface area contributed by atoms with Crippen molar-refractivity contribution in [2.45, 2.75) is 13.8 Å². The molecule has 0 aromatic heterocycles. The average molecular weight is 408 g/mol. The number of nitrogens with zero attached hydrogens (tertiary/aromatic N) is 3. The Labute approximate surface area is 174 Å². The van der Waals surface area contributed by atoms with Crippen LogP contribution in [-0.4, -0.2) is 37.1 Å². The Bertz CT molecular complexity index is 1000. The molecule has 0 unspecified atom stereocenters. The molecule has 0 radical (unpaired) electrons. The summed E-state index contributed by atoms with van der Waals surface area (Å²) in [4.78, 5) is 24.2. The number of carbonyl (C=O) groups excluding carboxylic acids is 1. The first kappa shape index (κ1) is 22.3. The van der Waals surface area contributed by atoms with E-state index in [2.05, 4.69) is 19.2 Å². The second kappa shape index (κ2) is 10.6. The summed E-state index contributed by atoms with van der Waals surface area (Å²) in [5, 5.41) is 32.4. The molecule has 9 heteroatoms. The van der Waals surface area contributed by atoms with E-state index in [1.165, 1.54) is 11.0 Å². The van der Waals surface area contributed by atoms with Gasteiger partial charge in [0.25, 0.3) is 5.69 Å². The lowest BCUT2D eigenvalue weighted by Gasteiger charge is -2.15. The summed E-state index contributed by atoms with van der Waals surface area (Å²) in [6.45, 7) is 7.13. The van der Waals surface area contributed by atoms with Gasteiger partial charge >= 0.3 is 5.97 Å². The molecule has 0 fully saturated rings. The average Bonchev–Trinajstić information content (AvgIpc) is 2.76. The van der Waals surface area contributed by atoms with Crippen molar-refractivity contribution in [1.82, 2.24) is 0 Å². The number of hydrogen-bond donors (Lipinski definition) is 2. The molecule has 0 aliphatic carbocycles. The standard InChI is InChI=1S/C21H21N5O4/c1-3-25(4-2)9-10-30-21(27)15-5-7-18(8-6-15)24-19-11-16(13-22)17(14-23)12-20(19)26(28)29/h5-8,11-12,24H,3-4,9-10H2,1-2H3/p+1. The lowest BCUT2D eigenvalue weighted by molar-refractivity contribution is -0.896. The Hall–Kier alpha value is -3.95. The van der Waals surface area contributed by atoms with Crippen molar-refractivity contribution in [2.75, 3.05) is 31.6 Å². The maximum atomic E-state index is 12.2. The minimum Gasteiger partial charge on any atom is -0.456 e. The topological polar surface area (TPSA) is 133 Å². The molecule has 2 N–H and O–H groups in total. The highest BCUT2D eigenvalue weighted by Crippen LogP contribution is 2.30. The highest BCUT2D eigenvalue weighted by molar-refractivity contribution is 5.90. The van der Waals surface area contributed by atoms with E-state index in [-0.39, 0.29) is 22.5 Å². The lowest BCUT2D eigenvalue weighted by Crippen LogP contribution is -3.11. The molecule has 9 nitrogen and oxygen atoms in total. The van der Waals surface area contributed by atoms with Gasteiger partial charge in [-0.3, -0.25) is 10.1 Å². The van der Waals surface area contributed by atoms with Crippen LogP contribution in [0.3, 0.4) is 0 Å². The van der Waals surface area contributed by atoms with E-state index in [0.29, 0.717) is 17.9 Å². The number of nitro groups is 1. The van der Waals surface area contributed by atoms with Crippen molar-refractivity contribution >= 4 is 23.0 Å². The van der Waals surface area contributed by atoms with Crippen LogP contribution in [0.1, 0.15) is 35.3 Å². The van der Waals surface area contributed by atoms with Gasteiger partial charge in [-0.15, -0.1) is 0 Å². The SMILES string of the molecule is CC[NH+](CC)CCOC(=O)c1ccc(Nc2cc(C#N)c(C#N)cc2[N+](=O)[O-])cc1. The van der Waals surface area contributed by atoms with E-state index in [1.807, 2.05) is 6.07 Å². The first-order chi connectivity index (χ1) is 14.4. The number of quaternary nitrogens is 1. The number of benzene rings is 2. The molecule has 0 spiro atoms. The van der Waals surface area contributed by atoms with Crippen LogP contribution in [-0.2, 0) is 4.74 Å². The third kappa shape index (κ3) is 5.53. The van der Waals surface area contributed by atoms with Crippen molar-refractivity contribution < 1.29 is 19.4 Å². The molecule has 30 heavy (non-hydrogen) atoms. The van der Waals surface area contributed by atoms with Crippen LogP contribution < -0.4 is 10.2 Å². The third-order valence-electron chi connectivity index (χ3n) is 4.66. The second-order valence-electron chi connectivity index (χ2n) is 6.44.